The number of hydrogen-bond acceptors (Lipinski definition) is 2. The van der Waals surface area contributed by atoms with Crippen LogP contribution in [0, 0.1) is 6.92 Å². The molecule has 2 aromatic carbocycles. The minimum atomic E-state index is -0.0300. The number of fused-ring (bicyclic) bond motifs is 2. The van der Waals surface area contributed by atoms with Crippen LogP contribution in [0.5, 0.6) is 0 Å². The van der Waals surface area contributed by atoms with Crippen molar-refractivity contribution in [3.8, 4) is 0 Å². The molecule has 2 heterocycles. The van der Waals surface area contributed by atoms with Crippen molar-refractivity contribution >= 4 is 17.6 Å². The number of nitrogens with one attached hydrogen (secondary N) is 2. The Labute approximate surface area is 159 Å². The largest absolute Gasteiger partial charge is 0.349 e. The maximum absolute atomic E-state index is 12.8. The molecule has 0 radical (unpaired) electrons. The van der Waals surface area contributed by atoms with Crippen molar-refractivity contribution < 1.29 is 9.59 Å². The SMILES string of the molecule is Cc1ccc(NC(=O)N2[C@H]3CC[C@H]2CC(NC(=O)c2ccccc2)C3)cc1. The highest BCUT2D eigenvalue weighted by Crippen LogP contribution is 2.36. The quantitative estimate of drug-likeness (QED) is 0.867. The number of rotatable bonds is 3. The molecule has 2 fully saturated rings. The van der Waals surface area contributed by atoms with Crippen LogP contribution < -0.4 is 10.6 Å². The van der Waals surface area contributed by atoms with Crippen LogP contribution >= 0.6 is 0 Å². The zero-order chi connectivity index (χ0) is 18.8. The molecule has 2 bridgehead atoms. The molecule has 4 rings (SSSR count). The van der Waals surface area contributed by atoms with E-state index in [1.54, 1.807) is 0 Å². The first-order chi connectivity index (χ1) is 13.1. The number of benzene rings is 2. The molecule has 2 aromatic rings. The summed E-state index contributed by atoms with van der Waals surface area (Å²) in [4.78, 5) is 27.2. The van der Waals surface area contributed by atoms with Gasteiger partial charge in [-0.05, 0) is 56.9 Å². The summed E-state index contributed by atoms with van der Waals surface area (Å²) in [6.45, 7) is 2.03. The van der Waals surface area contributed by atoms with Crippen molar-refractivity contribution in [2.24, 2.45) is 0 Å². The fraction of sp³-hybridized carbons (Fsp3) is 0.364. The van der Waals surface area contributed by atoms with Crippen LogP contribution in [0.4, 0.5) is 10.5 Å². The number of aryl methyl sites for hydroxylation is 1. The number of piperidine rings is 1. The third kappa shape index (κ3) is 3.82. The van der Waals surface area contributed by atoms with Gasteiger partial charge in [0.25, 0.3) is 5.91 Å². The summed E-state index contributed by atoms with van der Waals surface area (Å²) in [6, 6.07) is 17.6. The van der Waals surface area contributed by atoms with Crippen LogP contribution in [0.1, 0.15) is 41.6 Å². The maximum atomic E-state index is 12.8. The molecule has 0 unspecified atom stereocenters. The van der Waals surface area contributed by atoms with E-state index in [0.717, 1.165) is 31.4 Å². The monoisotopic (exact) mass is 363 g/mol. The summed E-state index contributed by atoms with van der Waals surface area (Å²) in [5, 5.41) is 6.17. The van der Waals surface area contributed by atoms with Crippen molar-refractivity contribution in [2.75, 3.05) is 5.32 Å². The third-order valence-electron chi connectivity index (χ3n) is 5.64. The van der Waals surface area contributed by atoms with Crippen LogP contribution in [-0.4, -0.2) is 35.0 Å². The Hall–Kier alpha value is -2.82. The van der Waals surface area contributed by atoms with Crippen molar-refractivity contribution in [3.63, 3.8) is 0 Å². The van der Waals surface area contributed by atoms with E-state index in [2.05, 4.69) is 10.6 Å². The van der Waals surface area contributed by atoms with Gasteiger partial charge in [0.15, 0.2) is 0 Å². The Morgan fingerprint density at radius 2 is 1.56 bits per heavy atom. The lowest BCUT2D eigenvalue weighted by Gasteiger charge is -2.39. The van der Waals surface area contributed by atoms with Gasteiger partial charge in [-0.25, -0.2) is 4.79 Å². The van der Waals surface area contributed by atoms with Gasteiger partial charge in [-0.1, -0.05) is 35.9 Å². The van der Waals surface area contributed by atoms with Crippen LogP contribution in [0.2, 0.25) is 0 Å². The Bertz CT molecular complexity index is 805. The second kappa shape index (κ2) is 7.43. The third-order valence-corrected chi connectivity index (χ3v) is 5.64. The first kappa shape index (κ1) is 17.6. The van der Waals surface area contributed by atoms with E-state index >= 15 is 0 Å². The summed E-state index contributed by atoms with van der Waals surface area (Å²) in [5.74, 6) is -0.0300. The molecule has 2 aliphatic rings. The summed E-state index contributed by atoms with van der Waals surface area (Å²) in [5.41, 5.74) is 2.68. The molecule has 2 aliphatic heterocycles. The van der Waals surface area contributed by atoms with Gasteiger partial charge in [0, 0.05) is 29.4 Å². The summed E-state index contributed by atoms with van der Waals surface area (Å²) in [7, 11) is 0. The molecule has 140 valence electrons. The summed E-state index contributed by atoms with van der Waals surface area (Å²) >= 11 is 0. The first-order valence-electron chi connectivity index (χ1n) is 9.62. The number of nitrogens with zero attached hydrogens (tertiary/aromatic N) is 1. The van der Waals surface area contributed by atoms with Gasteiger partial charge < -0.3 is 15.5 Å². The second-order valence-electron chi connectivity index (χ2n) is 7.60. The molecule has 3 amide bonds. The number of hydrogen-bond donors (Lipinski definition) is 2. The Morgan fingerprint density at radius 1 is 0.926 bits per heavy atom. The summed E-state index contributed by atoms with van der Waals surface area (Å²) < 4.78 is 0. The molecule has 5 heteroatoms. The molecule has 0 aromatic heterocycles. The van der Waals surface area contributed by atoms with Gasteiger partial charge in [-0.3, -0.25) is 4.79 Å². The van der Waals surface area contributed by atoms with Crippen molar-refractivity contribution in [1.29, 1.82) is 0 Å². The molecule has 5 nitrogen and oxygen atoms in total. The van der Waals surface area contributed by atoms with Gasteiger partial charge >= 0.3 is 6.03 Å². The fourth-order valence-corrected chi connectivity index (χ4v) is 4.31. The number of carbonyl (C=O) groups excluding carboxylic acids is 2. The Morgan fingerprint density at radius 3 is 2.19 bits per heavy atom. The highest BCUT2D eigenvalue weighted by atomic mass is 16.2. The lowest BCUT2D eigenvalue weighted by Crippen LogP contribution is -2.53. The molecule has 27 heavy (non-hydrogen) atoms. The van der Waals surface area contributed by atoms with Gasteiger partial charge in [0.1, 0.15) is 0 Å². The maximum Gasteiger partial charge on any atom is 0.322 e. The molecule has 0 saturated carbocycles. The van der Waals surface area contributed by atoms with Crippen molar-refractivity contribution in [1.82, 2.24) is 10.2 Å². The van der Waals surface area contributed by atoms with Gasteiger partial charge in [0.05, 0.1) is 0 Å². The minimum absolute atomic E-state index is 0.0285. The first-order valence-corrected chi connectivity index (χ1v) is 9.62. The van der Waals surface area contributed by atoms with E-state index in [-0.39, 0.29) is 30.1 Å². The average molecular weight is 363 g/mol. The van der Waals surface area contributed by atoms with E-state index in [0.29, 0.717) is 5.56 Å². The minimum Gasteiger partial charge on any atom is -0.349 e. The standard InChI is InChI=1S/C22H25N3O2/c1-15-7-9-17(10-8-15)24-22(27)25-19-11-12-20(25)14-18(13-19)23-21(26)16-5-3-2-4-6-16/h2-10,18-20H,11-14H2,1H3,(H,23,26)(H,24,27)/t19-,20-/m0/s1. The van der Waals surface area contributed by atoms with Gasteiger partial charge in [-0.15, -0.1) is 0 Å². The predicted molar refractivity (Wildman–Crippen MR) is 106 cm³/mol. The summed E-state index contributed by atoms with van der Waals surface area (Å²) in [6.07, 6.45) is 3.64. The van der Waals surface area contributed by atoms with Crippen molar-refractivity contribution in [3.05, 3.63) is 65.7 Å². The molecular weight excluding hydrogens is 338 g/mol. The lowest BCUT2D eigenvalue weighted by atomic mass is 9.97. The zero-order valence-electron chi connectivity index (χ0n) is 15.5. The van der Waals surface area contributed by atoms with Gasteiger partial charge in [-0.2, -0.15) is 0 Å². The predicted octanol–water partition coefficient (Wildman–Crippen LogP) is 3.95. The normalized spacial score (nSPS) is 23.7. The van der Waals surface area contributed by atoms with Crippen LogP contribution in [-0.2, 0) is 0 Å². The lowest BCUT2D eigenvalue weighted by molar-refractivity contribution is 0.0891. The average Bonchev–Trinajstić information content (AvgIpc) is 2.95. The highest BCUT2D eigenvalue weighted by molar-refractivity contribution is 5.94. The number of anilines is 1. The smallest absolute Gasteiger partial charge is 0.322 e. The number of carbonyl (C=O) groups is 2. The second-order valence-corrected chi connectivity index (χ2v) is 7.60. The topological polar surface area (TPSA) is 61.4 Å². The van der Waals surface area contributed by atoms with Crippen LogP contribution in [0.25, 0.3) is 0 Å². The van der Waals surface area contributed by atoms with Crippen molar-refractivity contribution in [2.45, 2.75) is 50.7 Å². The van der Waals surface area contributed by atoms with Gasteiger partial charge in [0.2, 0.25) is 0 Å². The van der Waals surface area contributed by atoms with Crippen LogP contribution in [0.15, 0.2) is 54.6 Å². The molecule has 2 saturated heterocycles. The Balaban J connectivity index is 1.38. The van der Waals surface area contributed by atoms with E-state index in [1.165, 1.54) is 5.56 Å². The molecular formula is C22H25N3O2. The number of urea groups is 1. The molecule has 2 atom stereocenters. The zero-order valence-corrected chi connectivity index (χ0v) is 15.5. The Kier molecular flexibility index (Phi) is 4.84. The van der Waals surface area contributed by atoms with Crippen LogP contribution in [0.3, 0.4) is 0 Å². The van der Waals surface area contributed by atoms with E-state index in [9.17, 15) is 9.59 Å². The molecule has 0 spiro atoms. The number of amides is 3. The van der Waals surface area contributed by atoms with E-state index in [1.807, 2.05) is 66.4 Å². The van der Waals surface area contributed by atoms with E-state index < -0.39 is 0 Å². The van der Waals surface area contributed by atoms with E-state index in [4.69, 9.17) is 0 Å². The molecule has 2 N–H and O–H groups in total. The molecule has 0 aliphatic carbocycles. The highest BCUT2D eigenvalue weighted by Gasteiger charge is 2.43. The fourth-order valence-electron chi connectivity index (χ4n) is 4.31.